The normalized spacial score (nSPS) is 14.1. The van der Waals surface area contributed by atoms with Gasteiger partial charge in [0.1, 0.15) is 5.82 Å². The zero-order valence-electron chi connectivity index (χ0n) is 10.5. The molecule has 0 aromatic carbocycles. The summed E-state index contributed by atoms with van der Waals surface area (Å²) in [5.41, 5.74) is 4.78. The molecular formula is C15H14N4. The van der Waals surface area contributed by atoms with Crippen LogP contribution < -0.4 is 5.32 Å². The van der Waals surface area contributed by atoms with Gasteiger partial charge < -0.3 is 5.32 Å². The van der Waals surface area contributed by atoms with E-state index in [1.165, 1.54) is 23.1 Å². The molecule has 1 aliphatic rings. The number of fused-ring (bicyclic) bond motifs is 2. The second-order valence-corrected chi connectivity index (χ2v) is 4.88. The molecule has 3 aromatic heterocycles. The number of hydrogen-bond donors (Lipinski definition) is 1. The molecule has 1 aliphatic heterocycles. The Hall–Kier alpha value is -2.36. The molecule has 0 aliphatic carbocycles. The van der Waals surface area contributed by atoms with Gasteiger partial charge in [0.05, 0.1) is 5.52 Å². The van der Waals surface area contributed by atoms with E-state index in [2.05, 4.69) is 33.6 Å². The van der Waals surface area contributed by atoms with Crippen LogP contribution in [0.3, 0.4) is 0 Å². The molecule has 4 heteroatoms. The van der Waals surface area contributed by atoms with Gasteiger partial charge in [-0.15, -0.1) is 0 Å². The summed E-state index contributed by atoms with van der Waals surface area (Å²) in [4.78, 5) is 4.53. The van der Waals surface area contributed by atoms with Gasteiger partial charge in [-0.25, -0.2) is 9.50 Å². The molecule has 3 aromatic rings. The highest BCUT2D eigenvalue weighted by Crippen LogP contribution is 2.26. The first-order chi connectivity index (χ1) is 9.40. The van der Waals surface area contributed by atoms with E-state index in [-0.39, 0.29) is 0 Å². The Kier molecular flexibility index (Phi) is 2.27. The summed E-state index contributed by atoms with van der Waals surface area (Å²) in [5.74, 6) is 1.04. The standard InChI is InChI=1S/C15H14N4/c1-2-12-8-13(10-17-15(12)16-5-1)11-4-7-19-14(9-11)3-6-18-19/h3-4,6-10H,1-2,5H2,(H,16,17). The van der Waals surface area contributed by atoms with Gasteiger partial charge in [-0.1, -0.05) is 0 Å². The van der Waals surface area contributed by atoms with E-state index in [4.69, 9.17) is 0 Å². The molecule has 4 nitrogen and oxygen atoms in total. The van der Waals surface area contributed by atoms with Crippen molar-refractivity contribution in [1.29, 1.82) is 0 Å². The Bertz CT molecular complexity index is 745. The summed E-state index contributed by atoms with van der Waals surface area (Å²) in [6, 6.07) is 8.49. The fourth-order valence-corrected chi connectivity index (χ4v) is 2.60. The number of anilines is 1. The Morgan fingerprint density at radius 3 is 3.16 bits per heavy atom. The average Bonchev–Trinajstić information content (AvgIpc) is 2.94. The fourth-order valence-electron chi connectivity index (χ4n) is 2.60. The second kappa shape index (κ2) is 4.09. The molecule has 19 heavy (non-hydrogen) atoms. The number of pyridine rings is 2. The summed E-state index contributed by atoms with van der Waals surface area (Å²) in [6.45, 7) is 1.03. The molecule has 1 N–H and O–H groups in total. The molecule has 0 spiro atoms. The minimum absolute atomic E-state index is 1.03. The third kappa shape index (κ3) is 1.76. The van der Waals surface area contributed by atoms with Crippen LogP contribution >= 0.6 is 0 Å². The van der Waals surface area contributed by atoms with E-state index in [0.29, 0.717) is 0 Å². The first-order valence-electron chi connectivity index (χ1n) is 6.57. The zero-order valence-corrected chi connectivity index (χ0v) is 10.5. The average molecular weight is 250 g/mol. The lowest BCUT2D eigenvalue weighted by atomic mass is 10.0. The predicted molar refractivity (Wildman–Crippen MR) is 75.2 cm³/mol. The van der Waals surface area contributed by atoms with Gasteiger partial charge in [0.2, 0.25) is 0 Å². The first-order valence-corrected chi connectivity index (χ1v) is 6.57. The van der Waals surface area contributed by atoms with Gasteiger partial charge >= 0.3 is 0 Å². The van der Waals surface area contributed by atoms with Crippen LogP contribution in [0.25, 0.3) is 16.6 Å². The van der Waals surface area contributed by atoms with Crippen molar-refractivity contribution in [3.63, 3.8) is 0 Å². The lowest BCUT2D eigenvalue weighted by molar-refractivity contribution is 0.818. The zero-order chi connectivity index (χ0) is 12.7. The van der Waals surface area contributed by atoms with E-state index >= 15 is 0 Å². The number of aromatic nitrogens is 3. The molecule has 0 atom stereocenters. The topological polar surface area (TPSA) is 42.2 Å². The Labute approximate surface area is 111 Å². The summed E-state index contributed by atoms with van der Waals surface area (Å²) in [6.07, 6.45) is 8.04. The number of nitrogens with zero attached hydrogens (tertiary/aromatic N) is 3. The number of rotatable bonds is 1. The predicted octanol–water partition coefficient (Wildman–Crippen LogP) is 2.75. The summed E-state index contributed by atoms with van der Waals surface area (Å²) in [7, 11) is 0. The van der Waals surface area contributed by atoms with E-state index in [0.717, 1.165) is 24.3 Å². The second-order valence-electron chi connectivity index (χ2n) is 4.88. The summed E-state index contributed by atoms with van der Waals surface area (Å²) >= 11 is 0. The van der Waals surface area contributed by atoms with Crippen molar-refractivity contribution in [3.8, 4) is 11.1 Å². The van der Waals surface area contributed by atoms with Gasteiger partial charge in [0.15, 0.2) is 0 Å². The van der Waals surface area contributed by atoms with Crippen LogP contribution in [0.4, 0.5) is 5.82 Å². The third-order valence-electron chi connectivity index (χ3n) is 3.61. The molecule has 0 unspecified atom stereocenters. The van der Waals surface area contributed by atoms with E-state index in [1.54, 1.807) is 0 Å². The van der Waals surface area contributed by atoms with Crippen molar-refractivity contribution in [3.05, 3.63) is 48.4 Å². The molecule has 0 radical (unpaired) electrons. The SMILES string of the molecule is c1cc2cc(-c3cnc4c(c3)CCCN4)ccn2n1. The summed E-state index contributed by atoms with van der Waals surface area (Å²) in [5, 5.41) is 7.56. The van der Waals surface area contributed by atoms with Crippen LogP contribution in [-0.2, 0) is 6.42 Å². The van der Waals surface area contributed by atoms with Gasteiger partial charge in [-0.3, -0.25) is 0 Å². The molecule has 0 saturated heterocycles. The molecule has 0 saturated carbocycles. The maximum absolute atomic E-state index is 4.53. The van der Waals surface area contributed by atoms with Crippen molar-refractivity contribution in [2.45, 2.75) is 12.8 Å². The molecule has 0 fully saturated rings. The van der Waals surface area contributed by atoms with Crippen molar-refractivity contribution in [2.24, 2.45) is 0 Å². The summed E-state index contributed by atoms with van der Waals surface area (Å²) < 4.78 is 1.87. The number of hydrogen-bond acceptors (Lipinski definition) is 3. The van der Waals surface area contributed by atoms with Gasteiger partial charge in [-0.2, -0.15) is 5.10 Å². The monoisotopic (exact) mass is 250 g/mol. The molecule has 0 amide bonds. The van der Waals surface area contributed by atoms with E-state index in [9.17, 15) is 0 Å². The Balaban J connectivity index is 1.82. The maximum Gasteiger partial charge on any atom is 0.129 e. The molecule has 94 valence electrons. The lowest BCUT2D eigenvalue weighted by Crippen LogP contribution is -2.13. The van der Waals surface area contributed by atoms with Crippen LogP contribution in [-0.4, -0.2) is 21.1 Å². The van der Waals surface area contributed by atoms with Crippen molar-refractivity contribution >= 4 is 11.3 Å². The molecule has 0 bridgehead atoms. The minimum Gasteiger partial charge on any atom is -0.370 e. The van der Waals surface area contributed by atoms with Crippen LogP contribution in [0.1, 0.15) is 12.0 Å². The largest absolute Gasteiger partial charge is 0.370 e. The number of nitrogens with one attached hydrogen (secondary N) is 1. The third-order valence-corrected chi connectivity index (χ3v) is 3.61. The van der Waals surface area contributed by atoms with Crippen LogP contribution in [0.2, 0.25) is 0 Å². The van der Waals surface area contributed by atoms with Gasteiger partial charge in [-0.05, 0) is 48.2 Å². The van der Waals surface area contributed by atoms with E-state index < -0.39 is 0 Å². The Morgan fingerprint density at radius 1 is 1.16 bits per heavy atom. The first kappa shape index (κ1) is 10.6. The lowest BCUT2D eigenvalue weighted by Gasteiger charge is -2.17. The fraction of sp³-hybridized carbons (Fsp3) is 0.200. The highest BCUT2D eigenvalue weighted by atomic mass is 15.2. The van der Waals surface area contributed by atoms with Crippen LogP contribution in [0, 0.1) is 0 Å². The van der Waals surface area contributed by atoms with E-state index in [1.807, 2.05) is 29.2 Å². The number of aryl methyl sites for hydroxylation is 1. The maximum atomic E-state index is 4.53. The van der Waals surface area contributed by atoms with Gasteiger partial charge in [0.25, 0.3) is 0 Å². The smallest absolute Gasteiger partial charge is 0.129 e. The molecule has 4 heterocycles. The Morgan fingerprint density at radius 2 is 2.16 bits per heavy atom. The van der Waals surface area contributed by atoms with Crippen molar-refractivity contribution in [2.75, 3.05) is 11.9 Å². The van der Waals surface area contributed by atoms with Crippen LogP contribution in [0.15, 0.2) is 42.9 Å². The molecule has 4 rings (SSSR count). The molecular weight excluding hydrogens is 236 g/mol. The van der Waals surface area contributed by atoms with Crippen molar-refractivity contribution < 1.29 is 0 Å². The van der Waals surface area contributed by atoms with Gasteiger partial charge in [0, 0.05) is 30.7 Å². The highest BCUT2D eigenvalue weighted by molar-refractivity contribution is 5.70. The van der Waals surface area contributed by atoms with Crippen LogP contribution in [0.5, 0.6) is 0 Å². The highest BCUT2D eigenvalue weighted by Gasteiger charge is 2.11. The van der Waals surface area contributed by atoms with Crippen molar-refractivity contribution in [1.82, 2.24) is 14.6 Å². The minimum atomic E-state index is 1.03. The quantitative estimate of drug-likeness (QED) is 0.722.